The van der Waals surface area contributed by atoms with E-state index in [9.17, 15) is 4.79 Å². The van der Waals surface area contributed by atoms with Gasteiger partial charge >= 0.3 is 0 Å². The van der Waals surface area contributed by atoms with Crippen molar-refractivity contribution in [3.05, 3.63) is 58.6 Å². The van der Waals surface area contributed by atoms with E-state index in [-0.39, 0.29) is 5.91 Å². The highest BCUT2D eigenvalue weighted by molar-refractivity contribution is 6.30. The van der Waals surface area contributed by atoms with Crippen LogP contribution in [0, 0.1) is 6.92 Å². The molecule has 27 heavy (non-hydrogen) atoms. The number of hydrogen-bond donors (Lipinski definition) is 1. The molecule has 0 saturated carbocycles. The van der Waals surface area contributed by atoms with Crippen molar-refractivity contribution >= 4 is 23.2 Å². The third kappa shape index (κ3) is 5.70. The van der Waals surface area contributed by atoms with Crippen molar-refractivity contribution in [2.24, 2.45) is 0 Å². The first-order valence-electron chi connectivity index (χ1n) is 9.14. The predicted molar refractivity (Wildman–Crippen MR) is 107 cm³/mol. The molecule has 1 heterocycles. The van der Waals surface area contributed by atoms with E-state index >= 15 is 0 Å². The van der Waals surface area contributed by atoms with Crippen molar-refractivity contribution in [3.8, 4) is 5.75 Å². The third-order valence-corrected chi connectivity index (χ3v) is 4.78. The van der Waals surface area contributed by atoms with Crippen LogP contribution in [0.1, 0.15) is 18.1 Å². The second-order valence-electron chi connectivity index (χ2n) is 6.74. The van der Waals surface area contributed by atoms with Crippen molar-refractivity contribution in [1.82, 2.24) is 4.90 Å². The number of amides is 1. The molecule has 0 aromatic heterocycles. The zero-order valence-electron chi connectivity index (χ0n) is 15.7. The highest BCUT2D eigenvalue weighted by Gasteiger charge is 2.16. The normalized spacial score (nSPS) is 16.0. The largest absolute Gasteiger partial charge is 0.481 e. The van der Waals surface area contributed by atoms with E-state index in [0.29, 0.717) is 10.8 Å². The number of morpholine rings is 1. The van der Waals surface area contributed by atoms with Crippen LogP contribution in [-0.2, 0) is 16.1 Å². The van der Waals surface area contributed by atoms with Crippen LogP contribution in [-0.4, -0.2) is 43.2 Å². The van der Waals surface area contributed by atoms with Gasteiger partial charge in [0.05, 0.1) is 13.2 Å². The Bertz CT molecular complexity index is 773. The van der Waals surface area contributed by atoms with Gasteiger partial charge in [0.1, 0.15) is 5.75 Å². The van der Waals surface area contributed by atoms with E-state index in [0.717, 1.165) is 44.1 Å². The van der Waals surface area contributed by atoms with Gasteiger partial charge in [-0.1, -0.05) is 23.7 Å². The minimum Gasteiger partial charge on any atom is -0.481 e. The number of carbonyl (C=O) groups is 1. The Morgan fingerprint density at radius 1 is 1.22 bits per heavy atom. The van der Waals surface area contributed by atoms with Gasteiger partial charge in [0, 0.05) is 30.3 Å². The molecule has 0 spiro atoms. The first-order valence-corrected chi connectivity index (χ1v) is 9.52. The molecule has 1 amide bonds. The molecule has 1 unspecified atom stereocenters. The topological polar surface area (TPSA) is 50.8 Å². The summed E-state index contributed by atoms with van der Waals surface area (Å²) in [5.74, 6) is 0.466. The zero-order valence-corrected chi connectivity index (χ0v) is 16.5. The highest BCUT2D eigenvalue weighted by Crippen LogP contribution is 2.23. The third-order valence-electron chi connectivity index (χ3n) is 4.54. The van der Waals surface area contributed by atoms with Crippen LogP contribution in [0.2, 0.25) is 5.02 Å². The van der Waals surface area contributed by atoms with Gasteiger partial charge in [-0.15, -0.1) is 0 Å². The maximum atomic E-state index is 12.4. The lowest BCUT2D eigenvalue weighted by Crippen LogP contribution is -2.35. The fourth-order valence-corrected chi connectivity index (χ4v) is 3.17. The number of aryl methyl sites for hydroxylation is 1. The van der Waals surface area contributed by atoms with Gasteiger partial charge in [-0.2, -0.15) is 0 Å². The summed E-state index contributed by atoms with van der Waals surface area (Å²) < 4.78 is 11.1. The molecule has 1 aliphatic heterocycles. The fraction of sp³-hybridized carbons (Fsp3) is 0.381. The molecular weight excluding hydrogens is 364 g/mol. The first-order chi connectivity index (χ1) is 13.0. The fourth-order valence-electron chi connectivity index (χ4n) is 2.94. The monoisotopic (exact) mass is 388 g/mol. The Kier molecular flexibility index (Phi) is 6.72. The quantitative estimate of drug-likeness (QED) is 0.815. The summed E-state index contributed by atoms with van der Waals surface area (Å²) in [5, 5.41) is 3.55. The van der Waals surface area contributed by atoms with Crippen molar-refractivity contribution < 1.29 is 14.3 Å². The summed E-state index contributed by atoms with van der Waals surface area (Å²) in [6, 6.07) is 13.3. The lowest BCUT2D eigenvalue weighted by Gasteiger charge is -2.26. The molecule has 0 radical (unpaired) electrons. The van der Waals surface area contributed by atoms with Crippen molar-refractivity contribution in [2.75, 3.05) is 31.6 Å². The molecule has 2 aromatic carbocycles. The Labute approximate surface area is 165 Å². The number of anilines is 1. The summed E-state index contributed by atoms with van der Waals surface area (Å²) in [4.78, 5) is 14.8. The molecule has 0 bridgehead atoms. The van der Waals surface area contributed by atoms with E-state index < -0.39 is 6.10 Å². The van der Waals surface area contributed by atoms with Crippen LogP contribution < -0.4 is 10.1 Å². The number of halogens is 1. The molecule has 2 aromatic rings. The van der Waals surface area contributed by atoms with E-state index in [4.69, 9.17) is 21.1 Å². The molecule has 3 rings (SSSR count). The summed E-state index contributed by atoms with van der Waals surface area (Å²) >= 11 is 5.95. The van der Waals surface area contributed by atoms with Crippen molar-refractivity contribution in [2.45, 2.75) is 26.5 Å². The van der Waals surface area contributed by atoms with Crippen LogP contribution in [0.25, 0.3) is 0 Å². The molecule has 0 aliphatic carbocycles. The summed E-state index contributed by atoms with van der Waals surface area (Å²) in [7, 11) is 0. The number of rotatable bonds is 6. The van der Waals surface area contributed by atoms with Gasteiger partial charge in [0.25, 0.3) is 5.91 Å². The number of ether oxygens (including phenoxy) is 2. The Morgan fingerprint density at radius 2 is 1.93 bits per heavy atom. The number of nitrogens with zero attached hydrogens (tertiary/aromatic N) is 1. The van der Waals surface area contributed by atoms with Gasteiger partial charge in [-0.05, 0) is 55.3 Å². The van der Waals surface area contributed by atoms with Crippen LogP contribution in [0.4, 0.5) is 5.69 Å². The van der Waals surface area contributed by atoms with Gasteiger partial charge < -0.3 is 14.8 Å². The molecule has 1 atom stereocenters. The second-order valence-corrected chi connectivity index (χ2v) is 7.18. The summed E-state index contributed by atoms with van der Waals surface area (Å²) in [6.45, 7) is 8.02. The van der Waals surface area contributed by atoms with Crippen LogP contribution in [0.3, 0.4) is 0 Å². The maximum Gasteiger partial charge on any atom is 0.265 e. The van der Waals surface area contributed by atoms with E-state index in [1.165, 1.54) is 5.56 Å². The molecule has 5 nitrogen and oxygen atoms in total. The van der Waals surface area contributed by atoms with E-state index in [2.05, 4.69) is 10.2 Å². The number of benzene rings is 2. The lowest BCUT2D eigenvalue weighted by molar-refractivity contribution is -0.122. The molecule has 144 valence electrons. The molecule has 1 saturated heterocycles. The molecule has 1 N–H and O–H groups in total. The van der Waals surface area contributed by atoms with Crippen LogP contribution in [0.5, 0.6) is 5.75 Å². The molecule has 1 aliphatic rings. The predicted octanol–water partition coefficient (Wildman–Crippen LogP) is 3.89. The number of carbonyl (C=O) groups excluding carboxylic acids is 1. The van der Waals surface area contributed by atoms with Crippen molar-refractivity contribution in [1.29, 1.82) is 0 Å². The molecular formula is C21H25ClN2O3. The molecule has 6 heteroatoms. The number of hydrogen-bond acceptors (Lipinski definition) is 4. The zero-order chi connectivity index (χ0) is 19.2. The van der Waals surface area contributed by atoms with Gasteiger partial charge in [-0.25, -0.2) is 0 Å². The Hall–Kier alpha value is -2.08. The van der Waals surface area contributed by atoms with Gasteiger partial charge in [0.15, 0.2) is 6.10 Å². The lowest BCUT2D eigenvalue weighted by atomic mass is 10.2. The SMILES string of the molecule is Cc1cc(Cl)ccc1OC(C)C(=O)Nc1ccc(CN2CCOCC2)cc1. The van der Waals surface area contributed by atoms with E-state index in [1.54, 1.807) is 19.1 Å². The standard InChI is InChI=1S/C21H25ClN2O3/c1-15-13-18(22)5-8-20(15)27-16(2)21(25)23-19-6-3-17(4-7-19)14-24-9-11-26-12-10-24/h3-8,13,16H,9-12,14H2,1-2H3,(H,23,25). The smallest absolute Gasteiger partial charge is 0.265 e. The molecule has 1 fully saturated rings. The van der Waals surface area contributed by atoms with E-state index in [1.807, 2.05) is 37.3 Å². The van der Waals surface area contributed by atoms with Gasteiger partial charge in [-0.3, -0.25) is 9.69 Å². The number of nitrogens with one attached hydrogen (secondary N) is 1. The van der Waals surface area contributed by atoms with Gasteiger partial charge in [0.2, 0.25) is 0 Å². The average molecular weight is 389 g/mol. The van der Waals surface area contributed by atoms with Crippen LogP contribution in [0.15, 0.2) is 42.5 Å². The van der Waals surface area contributed by atoms with Crippen LogP contribution >= 0.6 is 11.6 Å². The Balaban J connectivity index is 1.53. The minimum absolute atomic E-state index is 0.190. The summed E-state index contributed by atoms with van der Waals surface area (Å²) in [6.07, 6.45) is -0.613. The minimum atomic E-state index is -0.613. The maximum absolute atomic E-state index is 12.4. The Morgan fingerprint density at radius 3 is 2.59 bits per heavy atom. The first kappa shape index (κ1) is 19.7. The van der Waals surface area contributed by atoms with Crippen molar-refractivity contribution in [3.63, 3.8) is 0 Å². The summed E-state index contributed by atoms with van der Waals surface area (Å²) in [5.41, 5.74) is 2.87. The highest BCUT2D eigenvalue weighted by atomic mass is 35.5. The second kappa shape index (κ2) is 9.22. The average Bonchev–Trinajstić information content (AvgIpc) is 2.66.